The van der Waals surface area contributed by atoms with Gasteiger partial charge in [-0.05, 0) is 52.0 Å². The van der Waals surface area contributed by atoms with Crippen LogP contribution < -0.4 is 10.2 Å². The molecule has 0 aliphatic heterocycles. The van der Waals surface area contributed by atoms with Gasteiger partial charge in [-0.1, -0.05) is 0 Å². The normalized spacial score (nSPS) is 10.7. The summed E-state index contributed by atoms with van der Waals surface area (Å²) in [5, 5.41) is 11.7. The van der Waals surface area contributed by atoms with Crippen LogP contribution in [0, 0.1) is 16.7 Å². The fourth-order valence-corrected chi connectivity index (χ4v) is 1.68. The first-order valence-electron chi connectivity index (χ1n) is 6.52. The molecule has 102 valence electrons. The molecule has 0 unspecified atom stereocenters. The van der Waals surface area contributed by atoms with Gasteiger partial charge >= 0.3 is 0 Å². The molecule has 0 fully saturated rings. The first-order valence-corrected chi connectivity index (χ1v) is 6.52. The molecular weight excluding hydrogens is 238 g/mol. The molecule has 1 amide bonds. The highest BCUT2D eigenvalue weighted by molar-refractivity contribution is 5.96. The number of carbonyl (C=O) groups excluding carboxylic acids is 1. The van der Waals surface area contributed by atoms with E-state index in [1.54, 1.807) is 13.8 Å². The Kier molecular flexibility index (Phi) is 4.94. The number of anilines is 2. The van der Waals surface area contributed by atoms with Crippen LogP contribution in [0.25, 0.3) is 0 Å². The van der Waals surface area contributed by atoms with Crippen molar-refractivity contribution in [2.45, 2.75) is 27.7 Å². The third-order valence-corrected chi connectivity index (χ3v) is 3.10. The molecule has 4 nitrogen and oxygen atoms in total. The third-order valence-electron chi connectivity index (χ3n) is 3.10. The van der Waals surface area contributed by atoms with Crippen molar-refractivity contribution in [3.05, 3.63) is 24.3 Å². The topological polar surface area (TPSA) is 56.1 Å². The molecule has 0 bridgehead atoms. The lowest BCUT2D eigenvalue weighted by Crippen LogP contribution is -2.29. The Bertz CT molecular complexity index is 467. The smallest absolute Gasteiger partial charge is 0.244 e. The van der Waals surface area contributed by atoms with Crippen LogP contribution >= 0.6 is 0 Å². The molecule has 0 aliphatic rings. The minimum Gasteiger partial charge on any atom is -0.372 e. The van der Waals surface area contributed by atoms with Crippen LogP contribution in [0.4, 0.5) is 11.4 Å². The van der Waals surface area contributed by atoms with Gasteiger partial charge < -0.3 is 10.2 Å². The fourth-order valence-electron chi connectivity index (χ4n) is 1.68. The van der Waals surface area contributed by atoms with Crippen LogP contribution in [0.5, 0.6) is 0 Å². The standard InChI is InChI=1S/C15H21N3O/c1-5-18(6-2)13-9-7-12(8-10-13)17-14(19)15(3,4)11-16/h7-10H,5-6H2,1-4H3,(H,17,19). The maximum absolute atomic E-state index is 11.9. The van der Waals surface area contributed by atoms with Crippen molar-refractivity contribution >= 4 is 17.3 Å². The predicted octanol–water partition coefficient (Wildman–Crippen LogP) is 3.02. The van der Waals surface area contributed by atoms with Gasteiger partial charge in [0, 0.05) is 24.5 Å². The number of nitriles is 1. The van der Waals surface area contributed by atoms with Gasteiger partial charge in [0.2, 0.25) is 5.91 Å². The number of hydrogen-bond donors (Lipinski definition) is 1. The number of hydrogen-bond acceptors (Lipinski definition) is 3. The molecule has 1 aromatic carbocycles. The molecule has 0 radical (unpaired) electrons. The van der Waals surface area contributed by atoms with E-state index >= 15 is 0 Å². The van der Waals surface area contributed by atoms with E-state index in [2.05, 4.69) is 24.1 Å². The Labute approximate surface area is 115 Å². The maximum Gasteiger partial charge on any atom is 0.244 e. The number of nitrogens with one attached hydrogen (secondary N) is 1. The van der Waals surface area contributed by atoms with Crippen molar-refractivity contribution < 1.29 is 4.79 Å². The van der Waals surface area contributed by atoms with Crippen LogP contribution in [0.15, 0.2) is 24.3 Å². The summed E-state index contributed by atoms with van der Waals surface area (Å²) < 4.78 is 0. The molecule has 0 spiro atoms. The summed E-state index contributed by atoms with van der Waals surface area (Å²) in [6.07, 6.45) is 0. The lowest BCUT2D eigenvalue weighted by atomic mass is 9.94. The molecule has 0 aromatic heterocycles. The maximum atomic E-state index is 11.9. The van der Waals surface area contributed by atoms with Crippen molar-refractivity contribution in [3.8, 4) is 6.07 Å². The molecule has 0 saturated carbocycles. The first-order chi connectivity index (χ1) is 8.94. The number of rotatable bonds is 5. The summed E-state index contributed by atoms with van der Waals surface area (Å²) in [5.74, 6) is -0.286. The fraction of sp³-hybridized carbons (Fsp3) is 0.467. The van der Waals surface area contributed by atoms with E-state index in [0.717, 1.165) is 18.8 Å². The Hall–Kier alpha value is -2.02. The van der Waals surface area contributed by atoms with Crippen molar-refractivity contribution in [3.63, 3.8) is 0 Å². The van der Waals surface area contributed by atoms with Crippen LogP contribution in [0.3, 0.4) is 0 Å². The van der Waals surface area contributed by atoms with E-state index in [1.165, 1.54) is 0 Å². The van der Waals surface area contributed by atoms with Gasteiger partial charge in [-0.15, -0.1) is 0 Å². The molecule has 4 heteroatoms. The predicted molar refractivity (Wildman–Crippen MR) is 78.0 cm³/mol. The lowest BCUT2D eigenvalue weighted by Gasteiger charge is -2.21. The van der Waals surface area contributed by atoms with Crippen LogP contribution in [0.1, 0.15) is 27.7 Å². The molecule has 0 aliphatic carbocycles. The molecule has 0 saturated heterocycles. The third kappa shape index (κ3) is 3.72. The van der Waals surface area contributed by atoms with E-state index in [0.29, 0.717) is 5.69 Å². The second-order valence-corrected chi connectivity index (χ2v) is 4.91. The van der Waals surface area contributed by atoms with E-state index in [-0.39, 0.29) is 5.91 Å². The number of nitrogens with zero attached hydrogens (tertiary/aromatic N) is 2. The second-order valence-electron chi connectivity index (χ2n) is 4.91. The van der Waals surface area contributed by atoms with Gasteiger partial charge in [0.15, 0.2) is 0 Å². The van der Waals surface area contributed by atoms with Gasteiger partial charge in [-0.3, -0.25) is 4.79 Å². The Morgan fingerprint density at radius 2 is 1.79 bits per heavy atom. The largest absolute Gasteiger partial charge is 0.372 e. The Morgan fingerprint density at radius 1 is 1.26 bits per heavy atom. The van der Waals surface area contributed by atoms with Gasteiger partial charge in [0.1, 0.15) is 5.41 Å². The minimum atomic E-state index is -1.02. The number of amides is 1. The summed E-state index contributed by atoms with van der Waals surface area (Å²) in [5.41, 5.74) is 0.823. The number of benzene rings is 1. The van der Waals surface area contributed by atoms with E-state index in [9.17, 15) is 4.79 Å². The van der Waals surface area contributed by atoms with Gasteiger partial charge in [-0.25, -0.2) is 0 Å². The van der Waals surface area contributed by atoms with E-state index in [4.69, 9.17) is 5.26 Å². The van der Waals surface area contributed by atoms with Crippen molar-refractivity contribution in [2.24, 2.45) is 5.41 Å². The molecule has 1 aromatic rings. The molecule has 1 N–H and O–H groups in total. The zero-order valence-electron chi connectivity index (χ0n) is 12.0. The van der Waals surface area contributed by atoms with Crippen LogP contribution in [0.2, 0.25) is 0 Å². The lowest BCUT2D eigenvalue weighted by molar-refractivity contribution is -0.121. The Morgan fingerprint density at radius 3 is 2.21 bits per heavy atom. The molecule has 1 rings (SSSR count). The average Bonchev–Trinajstić information content (AvgIpc) is 2.42. The van der Waals surface area contributed by atoms with Gasteiger partial charge in [0.05, 0.1) is 6.07 Å². The summed E-state index contributed by atoms with van der Waals surface area (Å²) in [7, 11) is 0. The summed E-state index contributed by atoms with van der Waals surface area (Å²) >= 11 is 0. The number of carbonyl (C=O) groups is 1. The summed E-state index contributed by atoms with van der Waals surface area (Å²) in [6.45, 7) is 9.32. The first kappa shape index (κ1) is 15.0. The highest BCUT2D eigenvalue weighted by Crippen LogP contribution is 2.20. The quantitative estimate of drug-likeness (QED) is 0.884. The molecule has 0 atom stereocenters. The van der Waals surface area contributed by atoms with E-state index in [1.807, 2.05) is 30.3 Å². The Balaban J connectivity index is 2.78. The monoisotopic (exact) mass is 259 g/mol. The average molecular weight is 259 g/mol. The van der Waals surface area contributed by atoms with Crippen LogP contribution in [-0.4, -0.2) is 19.0 Å². The molecular formula is C15H21N3O. The summed E-state index contributed by atoms with van der Waals surface area (Å²) in [6, 6.07) is 9.66. The highest BCUT2D eigenvalue weighted by Gasteiger charge is 2.27. The molecule has 19 heavy (non-hydrogen) atoms. The van der Waals surface area contributed by atoms with Gasteiger partial charge in [0.25, 0.3) is 0 Å². The summed E-state index contributed by atoms with van der Waals surface area (Å²) in [4.78, 5) is 14.1. The second kappa shape index (κ2) is 6.24. The van der Waals surface area contributed by atoms with Crippen molar-refractivity contribution in [1.29, 1.82) is 5.26 Å². The van der Waals surface area contributed by atoms with Crippen molar-refractivity contribution in [2.75, 3.05) is 23.3 Å². The van der Waals surface area contributed by atoms with Gasteiger partial charge in [-0.2, -0.15) is 5.26 Å². The SMILES string of the molecule is CCN(CC)c1ccc(NC(=O)C(C)(C)C#N)cc1. The highest BCUT2D eigenvalue weighted by atomic mass is 16.2. The van der Waals surface area contributed by atoms with E-state index < -0.39 is 5.41 Å². The minimum absolute atomic E-state index is 0.286. The zero-order valence-corrected chi connectivity index (χ0v) is 12.0. The van der Waals surface area contributed by atoms with Crippen LogP contribution in [-0.2, 0) is 4.79 Å². The molecule has 0 heterocycles. The zero-order chi connectivity index (χ0) is 14.5. The van der Waals surface area contributed by atoms with Crippen molar-refractivity contribution in [1.82, 2.24) is 0 Å².